The number of hydrogen-bond donors (Lipinski definition) is 4. The second-order valence-corrected chi connectivity index (χ2v) is 5.69. The minimum absolute atomic E-state index is 0.0516. The molecule has 3 rings (SSSR count). The van der Waals surface area contributed by atoms with Gasteiger partial charge in [-0.3, -0.25) is 0 Å². The van der Waals surface area contributed by atoms with Crippen molar-refractivity contribution in [2.75, 3.05) is 0 Å². The van der Waals surface area contributed by atoms with Crippen molar-refractivity contribution in [3.05, 3.63) is 47.0 Å². The van der Waals surface area contributed by atoms with Crippen LogP contribution in [-0.2, 0) is 0 Å². The van der Waals surface area contributed by atoms with E-state index in [0.717, 1.165) is 0 Å². The first-order chi connectivity index (χ1) is 10.4. The maximum absolute atomic E-state index is 10.5. The van der Waals surface area contributed by atoms with Crippen LogP contribution in [0.1, 0.15) is 35.6 Å². The maximum Gasteiger partial charge on any atom is 0.150 e. The highest BCUT2D eigenvalue weighted by molar-refractivity contribution is 5.58. The molecule has 0 spiro atoms. The Morgan fingerprint density at radius 1 is 1.00 bits per heavy atom. The number of aliphatic hydroxyl groups excluding tert-OH is 1. The van der Waals surface area contributed by atoms with Crippen molar-refractivity contribution in [3.8, 4) is 23.0 Å². The summed E-state index contributed by atoms with van der Waals surface area (Å²) in [7, 11) is 0. The average Bonchev–Trinajstić information content (AvgIpc) is 2.48. The molecule has 0 unspecified atom stereocenters. The molecule has 0 radical (unpaired) electrons. The van der Waals surface area contributed by atoms with Crippen LogP contribution in [0.25, 0.3) is 0 Å². The first-order valence-corrected chi connectivity index (χ1v) is 7.09. The van der Waals surface area contributed by atoms with E-state index in [2.05, 4.69) is 0 Å². The zero-order valence-electron chi connectivity index (χ0n) is 12.3. The predicted molar refractivity (Wildman–Crippen MR) is 80.4 cm³/mol. The lowest BCUT2D eigenvalue weighted by Crippen LogP contribution is -2.33. The number of fused-ring (bicyclic) bond motifs is 1. The van der Waals surface area contributed by atoms with Crippen LogP contribution in [-0.4, -0.2) is 26.5 Å². The molecular weight excluding hydrogens is 284 g/mol. The molecule has 1 aliphatic rings. The molecule has 22 heavy (non-hydrogen) atoms. The summed E-state index contributed by atoms with van der Waals surface area (Å²) in [6.45, 7) is 3.50. The highest BCUT2D eigenvalue weighted by Gasteiger charge is 2.38. The Morgan fingerprint density at radius 3 is 2.27 bits per heavy atom. The molecule has 2 aromatic carbocycles. The summed E-state index contributed by atoms with van der Waals surface area (Å²) in [6, 6.07) is 7.68. The molecule has 116 valence electrons. The molecular formula is C17H18O5. The average molecular weight is 302 g/mol. The minimum atomic E-state index is -0.855. The molecule has 1 aliphatic heterocycles. The van der Waals surface area contributed by atoms with Gasteiger partial charge in [-0.1, -0.05) is 19.1 Å². The SMILES string of the molecule is Cc1c(O)cc(O)c2c1O[C@H](c1ccc(O)cc1)[C@H](O)[C@H]2C. The number of hydrogen-bond acceptors (Lipinski definition) is 5. The molecule has 0 saturated carbocycles. The van der Waals surface area contributed by atoms with Gasteiger partial charge in [0, 0.05) is 23.1 Å². The number of aromatic hydroxyl groups is 3. The topological polar surface area (TPSA) is 90.2 Å². The zero-order valence-corrected chi connectivity index (χ0v) is 12.3. The van der Waals surface area contributed by atoms with Gasteiger partial charge in [0.25, 0.3) is 0 Å². The highest BCUT2D eigenvalue weighted by atomic mass is 16.5. The zero-order chi connectivity index (χ0) is 16.0. The van der Waals surface area contributed by atoms with Crippen LogP contribution in [0, 0.1) is 6.92 Å². The monoisotopic (exact) mass is 302 g/mol. The van der Waals surface area contributed by atoms with Crippen LogP contribution in [0.15, 0.2) is 30.3 Å². The van der Waals surface area contributed by atoms with Gasteiger partial charge in [-0.2, -0.15) is 0 Å². The number of rotatable bonds is 1. The molecule has 0 fully saturated rings. The van der Waals surface area contributed by atoms with Gasteiger partial charge in [-0.25, -0.2) is 0 Å². The van der Waals surface area contributed by atoms with Crippen molar-refractivity contribution < 1.29 is 25.2 Å². The Hall–Kier alpha value is -2.40. The number of benzene rings is 2. The van der Waals surface area contributed by atoms with Crippen LogP contribution in [0.4, 0.5) is 0 Å². The van der Waals surface area contributed by atoms with Gasteiger partial charge in [0.2, 0.25) is 0 Å². The van der Waals surface area contributed by atoms with E-state index < -0.39 is 12.2 Å². The van der Waals surface area contributed by atoms with E-state index in [0.29, 0.717) is 22.4 Å². The van der Waals surface area contributed by atoms with Crippen LogP contribution < -0.4 is 4.74 Å². The Morgan fingerprint density at radius 2 is 1.64 bits per heavy atom. The fourth-order valence-electron chi connectivity index (χ4n) is 2.90. The summed E-state index contributed by atoms with van der Waals surface area (Å²) in [6.07, 6.45) is -1.49. The Bertz CT molecular complexity index is 708. The summed E-state index contributed by atoms with van der Waals surface area (Å²) in [5.41, 5.74) is 1.73. The largest absolute Gasteiger partial charge is 0.508 e. The van der Waals surface area contributed by atoms with Crippen molar-refractivity contribution in [3.63, 3.8) is 0 Å². The third-order valence-corrected chi connectivity index (χ3v) is 4.26. The molecule has 5 nitrogen and oxygen atoms in total. The second-order valence-electron chi connectivity index (χ2n) is 5.69. The fourth-order valence-corrected chi connectivity index (χ4v) is 2.90. The van der Waals surface area contributed by atoms with Gasteiger partial charge in [0.15, 0.2) is 6.10 Å². The van der Waals surface area contributed by atoms with E-state index in [1.807, 2.05) is 0 Å². The van der Waals surface area contributed by atoms with Gasteiger partial charge < -0.3 is 25.2 Å². The predicted octanol–water partition coefficient (Wildman–Crippen LogP) is 2.71. The molecule has 3 atom stereocenters. The van der Waals surface area contributed by atoms with E-state index in [4.69, 9.17) is 4.74 Å². The molecule has 0 amide bonds. The first-order valence-electron chi connectivity index (χ1n) is 7.09. The van der Waals surface area contributed by atoms with Crippen LogP contribution in [0.3, 0.4) is 0 Å². The summed E-state index contributed by atoms with van der Waals surface area (Å²) in [4.78, 5) is 0. The van der Waals surface area contributed by atoms with Crippen molar-refractivity contribution in [2.24, 2.45) is 0 Å². The Labute approximate surface area is 128 Å². The van der Waals surface area contributed by atoms with E-state index >= 15 is 0 Å². The second kappa shape index (κ2) is 5.10. The molecule has 1 heterocycles. The first kappa shape index (κ1) is 14.5. The Kier molecular flexibility index (Phi) is 3.37. The standard InChI is InChI=1S/C17H18O5/c1-8-12(19)7-13(20)14-9(2)15(21)17(22-16(8)14)10-3-5-11(18)6-4-10/h3-7,9,15,17-21H,1-2H3/t9-,15+,17+/m0/s1. The molecule has 0 aromatic heterocycles. The number of phenols is 3. The van der Waals surface area contributed by atoms with Gasteiger partial charge in [0.1, 0.15) is 29.1 Å². The molecule has 0 saturated heterocycles. The van der Waals surface area contributed by atoms with E-state index in [1.54, 1.807) is 26.0 Å². The maximum atomic E-state index is 10.5. The molecule has 4 N–H and O–H groups in total. The van der Waals surface area contributed by atoms with Gasteiger partial charge in [0.05, 0.1) is 0 Å². The lowest BCUT2D eigenvalue weighted by molar-refractivity contribution is 0.00223. The van der Waals surface area contributed by atoms with Crippen molar-refractivity contribution in [1.82, 2.24) is 0 Å². The van der Waals surface area contributed by atoms with Crippen LogP contribution >= 0.6 is 0 Å². The highest BCUT2D eigenvalue weighted by Crippen LogP contribution is 2.49. The lowest BCUT2D eigenvalue weighted by Gasteiger charge is -2.36. The molecule has 0 bridgehead atoms. The van der Waals surface area contributed by atoms with Crippen LogP contribution in [0.2, 0.25) is 0 Å². The smallest absolute Gasteiger partial charge is 0.150 e. The van der Waals surface area contributed by atoms with E-state index in [1.165, 1.54) is 18.2 Å². The summed E-state index contributed by atoms with van der Waals surface area (Å²) < 4.78 is 5.88. The number of phenolic OH excluding ortho intramolecular Hbond substituents is 3. The van der Waals surface area contributed by atoms with E-state index in [9.17, 15) is 20.4 Å². The third-order valence-electron chi connectivity index (χ3n) is 4.26. The number of aliphatic hydroxyl groups is 1. The fraction of sp³-hybridized carbons (Fsp3) is 0.294. The summed E-state index contributed by atoms with van der Waals surface area (Å²) in [5, 5.41) is 39.8. The van der Waals surface area contributed by atoms with Crippen molar-refractivity contribution in [1.29, 1.82) is 0 Å². The van der Waals surface area contributed by atoms with Gasteiger partial charge in [-0.05, 0) is 24.6 Å². The van der Waals surface area contributed by atoms with Crippen molar-refractivity contribution in [2.45, 2.75) is 32.0 Å². The molecule has 0 aliphatic carbocycles. The Balaban J connectivity index is 2.10. The van der Waals surface area contributed by atoms with Crippen molar-refractivity contribution >= 4 is 0 Å². The van der Waals surface area contributed by atoms with Crippen LogP contribution in [0.5, 0.6) is 23.0 Å². The normalized spacial score (nSPS) is 23.7. The lowest BCUT2D eigenvalue weighted by atomic mass is 9.84. The minimum Gasteiger partial charge on any atom is -0.508 e. The summed E-state index contributed by atoms with van der Waals surface area (Å²) in [5.74, 6) is 0.0299. The molecule has 5 heteroatoms. The molecule has 2 aromatic rings. The van der Waals surface area contributed by atoms with Gasteiger partial charge in [-0.15, -0.1) is 0 Å². The van der Waals surface area contributed by atoms with Gasteiger partial charge >= 0.3 is 0 Å². The van der Waals surface area contributed by atoms with E-state index in [-0.39, 0.29) is 23.2 Å². The quantitative estimate of drug-likeness (QED) is 0.650. The third kappa shape index (κ3) is 2.14. The summed E-state index contributed by atoms with van der Waals surface area (Å²) >= 11 is 0. The number of ether oxygens (including phenoxy) is 1.